The van der Waals surface area contributed by atoms with Gasteiger partial charge in [-0.15, -0.1) is 0 Å². The smallest absolute Gasteiger partial charge is 0.137 e. The standard InChI is InChI=1S/C8H8BrFO/c1-11-8(9)6-3-2-4-7(10)5-6/h2-5,8H,1H3. The van der Waals surface area contributed by atoms with Crippen LogP contribution < -0.4 is 0 Å². The lowest BCUT2D eigenvalue weighted by Gasteiger charge is -2.06. The van der Waals surface area contributed by atoms with Crippen molar-refractivity contribution in [3.8, 4) is 0 Å². The van der Waals surface area contributed by atoms with Gasteiger partial charge in [0.15, 0.2) is 0 Å². The number of ether oxygens (including phenoxy) is 1. The molecule has 11 heavy (non-hydrogen) atoms. The maximum atomic E-state index is 12.6. The third-order valence-corrected chi connectivity index (χ3v) is 2.22. The number of rotatable bonds is 2. The molecule has 0 aliphatic heterocycles. The maximum Gasteiger partial charge on any atom is 0.137 e. The summed E-state index contributed by atoms with van der Waals surface area (Å²) in [5, 5.41) is -0.224. The fraction of sp³-hybridized carbons (Fsp3) is 0.250. The summed E-state index contributed by atoms with van der Waals surface area (Å²) in [6.07, 6.45) is 0. The minimum absolute atomic E-state index is 0.224. The van der Waals surface area contributed by atoms with Gasteiger partial charge in [-0.25, -0.2) is 4.39 Å². The van der Waals surface area contributed by atoms with Crippen molar-refractivity contribution in [3.63, 3.8) is 0 Å². The highest BCUT2D eigenvalue weighted by atomic mass is 79.9. The summed E-state index contributed by atoms with van der Waals surface area (Å²) in [5.41, 5.74) is 0.785. The first-order chi connectivity index (χ1) is 5.24. The number of alkyl halides is 1. The molecule has 0 amide bonds. The normalized spacial score (nSPS) is 13.0. The molecule has 60 valence electrons. The maximum absolute atomic E-state index is 12.6. The Morgan fingerprint density at radius 3 is 2.82 bits per heavy atom. The highest BCUT2D eigenvalue weighted by Crippen LogP contribution is 2.22. The summed E-state index contributed by atoms with van der Waals surface area (Å²) < 4.78 is 17.5. The molecule has 0 heterocycles. The fourth-order valence-corrected chi connectivity index (χ4v) is 1.07. The number of halogens is 2. The van der Waals surface area contributed by atoms with E-state index in [1.54, 1.807) is 19.2 Å². The first-order valence-corrected chi connectivity index (χ1v) is 4.08. The van der Waals surface area contributed by atoms with E-state index in [0.717, 1.165) is 5.56 Å². The number of hydrogen-bond acceptors (Lipinski definition) is 1. The number of hydrogen-bond donors (Lipinski definition) is 0. The van der Waals surface area contributed by atoms with Crippen molar-refractivity contribution in [3.05, 3.63) is 35.6 Å². The SMILES string of the molecule is COC(Br)c1cccc(F)c1. The minimum atomic E-state index is -0.246. The average Bonchev–Trinajstić information content (AvgIpc) is 2.03. The molecule has 0 fully saturated rings. The van der Waals surface area contributed by atoms with Gasteiger partial charge in [-0.05, 0) is 17.7 Å². The molecule has 1 atom stereocenters. The van der Waals surface area contributed by atoms with Crippen LogP contribution in [0.25, 0.3) is 0 Å². The molecule has 1 nitrogen and oxygen atoms in total. The first-order valence-electron chi connectivity index (χ1n) is 3.16. The Labute approximate surface area is 73.3 Å². The monoisotopic (exact) mass is 218 g/mol. The zero-order valence-corrected chi connectivity index (χ0v) is 7.64. The average molecular weight is 219 g/mol. The predicted octanol–water partition coefficient (Wildman–Crippen LogP) is 2.87. The van der Waals surface area contributed by atoms with E-state index in [0.29, 0.717) is 0 Å². The third kappa shape index (κ3) is 2.27. The van der Waals surface area contributed by atoms with E-state index < -0.39 is 0 Å². The highest BCUT2D eigenvalue weighted by Gasteiger charge is 2.04. The Balaban J connectivity index is 2.86. The molecule has 0 aliphatic rings. The van der Waals surface area contributed by atoms with E-state index in [4.69, 9.17) is 4.74 Å². The van der Waals surface area contributed by atoms with E-state index in [1.807, 2.05) is 0 Å². The largest absolute Gasteiger partial charge is 0.365 e. The summed E-state index contributed by atoms with van der Waals surface area (Å²) in [7, 11) is 1.56. The number of methoxy groups -OCH3 is 1. The third-order valence-electron chi connectivity index (χ3n) is 1.32. The highest BCUT2D eigenvalue weighted by molar-refractivity contribution is 9.09. The summed E-state index contributed by atoms with van der Waals surface area (Å²) in [6, 6.07) is 6.28. The molecule has 0 radical (unpaired) electrons. The van der Waals surface area contributed by atoms with Gasteiger partial charge >= 0.3 is 0 Å². The van der Waals surface area contributed by atoms with Crippen molar-refractivity contribution in [2.45, 2.75) is 5.01 Å². The van der Waals surface area contributed by atoms with Crippen molar-refractivity contribution < 1.29 is 9.13 Å². The molecule has 1 aromatic carbocycles. The summed E-state index contributed by atoms with van der Waals surface area (Å²) in [5.74, 6) is -0.246. The molecule has 0 spiro atoms. The van der Waals surface area contributed by atoms with Crippen molar-refractivity contribution in [2.75, 3.05) is 7.11 Å². The van der Waals surface area contributed by atoms with Crippen molar-refractivity contribution in [1.29, 1.82) is 0 Å². The predicted molar refractivity (Wildman–Crippen MR) is 45.1 cm³/mol. The Hall–Kier alpha value is -0.410. The van der Waals surface area contributed by atoms with Crippen LogP contribution in [0.15, 0.2) is 24.3 Å². The molecule has 1 unspecified atom stereocenters. The lowest BCUT2D eigenvalue weighted by Crippen LogP contribution is -1.91. The van der Waals surface area contributed by atoms with Crippen LogP contribution in [-0.4, -0.2) is 7.11 Å². The van der Waals surface area contributed by atoms with Gasteiger partial charge in [0, 0.05) is 7.11 Å². The summed E-state index contributed by atoms with van der Waals surface area (Å²) >= 11 is 3.23. The van der Waals surface area contributed by atoms with Crippen LogP contribution in [0, 0.1) is 5.82 Å². The molecule has 0 aromatic heterocycles. The van der Waals surface area contributed by atoms with E-state index in [1.165, 1.54) is 12.1 Å². The van der Waals surface area contributed by atoms with E-state index in [-0.39, 0.29) is 10.8 Å². The van der Waals surface area contributed by atoms with Gasteiger partial charge in [-0.2, -0.15) is 0 Å². The van der Waals surface area contributed by atoms with Crippen molar-refractivity contribution >= 4 is 15.9 Å². The summed E-state index contributed by atoms with van der Waals surface area (Å²) in [6.45, 7) is 0. The van der Waals surface area contributed by atoms with Gasteiger partial charge in [0.1, 0.15) is 10.8 Å². The van der Waals surface area contributed by atoms with E-state index in [2.05, 4.69) is 15.9 Å². The van der Waals surface area contributed by atoms with Crippen LogP contribution in [-0.2, 0) is 4.74 Å². The van der Waals surface area contributed by atoms with Gasteiger partial charge in [0.25, 0.3) is 0 Å². The minimum Gasteiger partial charge on any atom is -0.365 e. The van der Waals surface area contributed by atoms with Crippen LogP contribution in [0.2, 0.25) is 0 Å². The van der Waals surface area contributed by atoms with Crippen LogP contribution in [0.3, 0.4) is 0 Å². The van der Waals surface area contributed by atoms with Crippen LogP contribution in [0.4, 0.5) is 4.39 Å². The second kappa shape index (κ2) is 3.83. The van der Waals surface area contributed by atoms with Gasteiger partial charge in [0.2, 0.25) is 0 Å². The van der Waals surface area contributed by atoms with Crippen LogP contribution in [0.1, 0.15) is 10.6 Å². The molecule has 3 heteroatoms. The van der Waals surface area contributed by atoms with Gasteiger partial charge in [0.05, 0.1) is 0 Å². The Morgan fingerprint density at radius 1 is 1.55 bits per heavy atom. The molecule has 0 aliphatic carbocycles. The second-order valence-corrected chi connectivity index (χ2v) is 2.94. The molecule has 0 N–H and O–H groups in total. The zero-order valence-electron chi connectivity index (χ0n) is 6.05. The van der Waals surface area contributed by atoms with Crippen molar-refractivity contribution in [2.24, 2.45) is 0 Å². The van der Waals surface area contributed by atoms with Crippen LogP contribution in [0.5, 0.6) is 0 Å². The number of benzene rings is 1. The quantitative estimate of drug-likeness (QED) is 0.695. The first kappa shape index (κ1) is 8.68. The van der Waals surface area contributed by atoms with Crippen LogP contribution >= 0.6 is 15.9 Å². The molecule has 0 bridgehead atoms. The van der Waals surface area contributed by atoms with E-state index in [9.17, 15) is 4.39 Å². The molecule has 1 rings (SSSR count). The van der Waals surface area contributed by atoms with E-state index >= 15 is 0 Å². The lowest BCUT2D eigenvalue weighted by molar-refractivity contribution is 0.181. The lowest BCUT2D eigenvalue weighted by atomic mass is 10.2. The molecule has 0 saturated carbocycles. The Kier molecular flexibility index (Phi) is 3.02. The molecule has 1 aromatic rings. The topological polar surface area (TPSA) is 9.23 Å². The van der Waals surface area contributed by atoms with Crippen molar-refractivity contribution in [1.82, 2.24) is 0 Å². The second-order valence-electron chi connectivity index (χ2n) is 2.11. The Morgan fingerprint density at radius 2 is 2.27 bits per heavy atom. The fourth-order valence-electron chi connectivity index (χ4n) is 0.784. The summed E-state index contributed by atoms with van der Waals surface area (Å²) in [4.78, 5) is 0. The van der Waals surface area contributed by atoms with Gasteiger partial charge in [-0.3, -0.25) is 0 Å². The molecular weight excluding hydrogens is 211 g/mol. The Bertz CT molecular complexity index is 239. The zero-order chi connectivity index (χ0) is 8.27. The van der Waals surface area contributed by atoms with Gasteiger partial charge in [-0.1, -0.05) is 28.1 Å². The van der Waals surface area contributed by atoms with Gasteiger partial charge < -0.3 is 4.74 Å². The molecule has 0 saturated heterocycles. The molecular formula is C8H8BrFO.